The lowest BCUT2D eigenvalue weighted by Crippen LogP contribution is -2.46. The number of carbonyl (C=O) groups excluding carboxylic acids is 1. The van der Waals surface area contributed by atoms with Gasteiger partial charge in [-0.3, -0.25) is 4.79 Å². The molecule has 2 heterocycles. The number of benzene rings is 1. The summed E-state index contributed by atoms with van der Waals surface area (Å²) in [4.78, 5) is 14.7. The summed E-state index contributed by atoms with van der Waals surface area (Å²) in [5, 5.41) is 3.36. The lowest BCUT2D eigenvalue weighted by Gasteiger charge is -2.35. The largest absolute Gasteiger partial charge is 0.342 e. The minimum atomic E-state index is 0. The van der Waals surface area contributed by atoms with E-state index in [-0.39, 0.29) is 18.3 Å². The molecule has 0 aliphatic carbocycles. The van der Waals surface area contributed by atoms with Crippen LogP contribution in [0.1, 0.15) is 43.2 Å². The first-order valence-corrected chi connectivity index (χ1v) is 9.27. The third kappa shape index (κ3) is 5.22. The Hall–Kier alpha value is -1.06. The molecule has 1 amide bonds. The number of nitrogens with zero attached hydrogens (tertiary/aromatic N) is 1. The predicted molar refractivity (Wildman–Crippen MR) is 102 cm³/mol. The molecule has 2 aliphatic heterocycles. The van der Waals surface area contributed by atoms with Gasteiger partial charge in [-0.05, 0) is 63.5 Å². The molecular formula is C20H31ClN2O. The third-order valence-electron chi connectivity index (χ3n) is 5.53. The molecule has 0 spiro atoms. The lowest BCUT2D eigenvalue weighted by atomic mass is 9.89. The second-order valence-electron chi connectivity index (χ2n) is 7.34. The Morgan fingerprint density at radius 2 is 1.88 bits per heavy atom. The highest BCUT2D eigenvalue weighted by atomic mass is 35.5. The standard InChI is InChI=1S/C20H30N2O.ClH/c1-16-4-6-17(7-5-16)8-9-18-10-13-22(14-11-18)20(23)19-3-2-12-21-15-19;/h4-7,18-19,21H,2-3,8-15H2,1H3;1H. The molecule has 3 nitrogen and oxygen atoms in total. The van der Waals surface area contributed by atoms with Gasteiger partial charge in [-0.25, -0.2) is 0 Å². The van der Waals surface area contributed by atoms with Crippen molar-refractivity contribution in [1.82, 2.24) is 10.2 Å². The molecule has 4 heteroatoms. The van der Waals surface area contributed by atoms with Crippen LogP contribution in [0.2, 0.25) is 0 Å². The van der Waals surface area contributed by atoms with Gasteiger partial charge in [0.15, 0.2) is 0 Å². The number of amides is 1. The van der Waals surface area contributed by atoms with Crippen molar-refractivity contribution in [2.45, 2.75) is 45.4 Å². The predicted octanol–water partition coefficient (Wildman–Crippen LogP) is 3.59. The molecule has 1 unspecified atom stereocenters. The fourth-order valence-electron chi connectivity index (χ4n) is 3.89. The molecule has 0 saturated carbocycles. The number of hydrogen-bond donors (Lipinski definition) is 1. The van der Waals surface area contributed by atoms with Gasteiger partial charge in [0.05, 0.1) is 5.92 Å². The zero-order valence-corrected chi connectivity index (χ0v) is 15.6. The zero-order chi connectivity index (χ0) is 16.1. The van der Waals surface area contributed by atoms with Crippen LogP contribution in [0.4, 0.5) is 0 Å². The van der Waals surface area contributed by atoms with Gasteiger partial charge < -0.3 is 10.2 Å². The number of carbonyl (C=O) groups is 1. The van der Waals surface area contributed by atoms with Crippen LogP contribution < -0.4 is 5.32 Å². The summed E-state index contributed by atoms with van der Waals surface area (Å²) in [6, 6.07) is 8.91. The van der Waals surface area contributed by atoms with Crippen molar-refractivity contribution in [2.75, 3.05) is 26.2 Å². The van der Waals surface area contributed by atoms with Crippen molar-refractivity contribution in [3.05, 3.63) is 35.4 Å². The first kappa shape index (κ1) is 19.3. The van der Waals surface area contributed by atoms with Crippen LogP contribution in [-0.2, 0) is 11.2 Å². The fourth-order valence-corrected chi connectivity index (χ4v) is 3.89. The molecule has 2 saturated heterocycles. The summed E-state index contributed by atoms with van der Waals surface area (Å²) in [5.74, 6) is 1.41. The topological polar surface area (TPSA) is 32.3 Å². The summed E-state index contributed by atoms with van der Waals surface area (Å²) < 4.78 is 0. The molecule has 24 heavy (non-hydrogen) atoms. The molecule has 0 aromatic heterocycles. The zero-order valence-electron chi connectivity index (χ0n) is 14.8. The summed E-state index contributed by atoms with van der Waals surface area (Å²) in [5.41, 5.74) is 2.78. The highest BCUT2D eigenvalue weighted by Crippen LogP contribution is 2.24. The van der Waals surface area contributed by atoms with Gasteiger partial charge in [-0.1, -0.05) is 29.8 Å². The molecule has 0 radical (unpaired) electrons. The summed E-state index contributed by atoms with van der Waals surface area (Å²) in [6.07, 6.45) is 7.00. The van der Waals surface area contributed by atoms with Gasteiger partial charge in [0.25, 0.3) is 0 Å². The fraction of sp³-hybridized carbons (Fsp3) is 0.650. The quantitative estimate of drug-likeness (QED) is 0.900. The second-order valence-corrected chi connectivity index (χ2v) is 7.34. The van der Waals surface area contributed by atoms with E-state index in [9.17, 15) is 4.79 Å². The summed E-state index contributed by atoms with van der Waals surface area (Å²) in [6.45, 7) is 6.02. The van der Waals surface area contributed by atoms with E-state index in [4.69, 9.17) is 0 Å². The minimum absolute atomic E-state index is 0. The molecule has 0 bridgehead atoms. The van der Waals surface area contributed by atoms with Crippen molar-refractivity contribution < 1.29 is 4.79 Å². The number of aryl methyl sites for hydroxylation is 2. The van der Waals surface area contributed by atoms with Crippen LogP contribution >= 0.6 is 12.4 Å². The minimum Gasteiger partial charge on any atom is -0.342 e. The molecule has 1 atom stereocenters. The Labute approximate surface area is 152 Å². The molecule has 3 rings (SSSR count). The van der Waals surface area contributed by atoms with E-state index in [1.165, 1.54) is 36.8 Å². The second kappa shape index (κ2) is 9.43. The van der Waals surface area contributed by atoms with Crippen LogP contribution in [0, 0.1) is 18.8 Å². The number of nitrogens with one attached hydrogen (secondary N) is 1. The molecule has 2 fully saturated rings. The number of piperidine rings is 2. The van der Waals surface area contributed by atoms with Crippen molar-refractivity contribution >= 4 is 18.3 Å². The van der Waals surface area contributed by atoms with E-state index in [0.717, 1.165) is 44.9 Å². The SMILES string of the molecule is Cc1ccc(CCC2CCN(C(=O)C3CCCNC3)CC2)cc1.Cl. The van der Waals surface area contributed by atoms with Crippen molar-refractivity contribution in [3.8, 4) is 0 Å². The van der Waals surface area contributed by atoms with Gasteiger partial charge in [0.2, 0.25) is 5.91 Å². The monoisotopic (exact) mass is 350 g/mol. The molecule has 1 aromatic rings. The van der Waals surface area contributed by atoms with Crippen LogP contribution in [0.3, 0.4) is 0 Å². The Bertz CT molecular complexity index is 503. The van der Waals surface area contributed by atoms with Crippen LogP contribution in [0.5, 0.6) is 0 Å². The van der Waals surface area contributed by atoms with E-state index in [1.807, 2.05) is 0 Å². The molecule has 1 N–H and O–H groups in total. The summed E-state index contributed by atoms with van der Waals surface area (Å²) >= 11 is 0. The van der Waals surface area contributed by atoms with Crippen molar-refractivity contribution in [1.29, 1.82) is 0 Å². The maximum atomic E-state index is 12.6. The number of halogens is 1. The Kier molecular flexibility index (Phi) is 7.57. The van der Waals surface area contributed by atoms with Crippen molar-refractivity contribution in [3.63, 3.8) is 0 Å². The molecule has 134 valence electrons. The van der Waals surface area contributed by atoms with E-state index in [0.29, 0.717) is 5.91 Å². The van der Waals surface area contributed by atoms with E-state index in [1.54, 1.807) is 0 Å². The molecule has 1 aromatic carbocycles. The number of likely N-dealkylation sites (tertiary alicyclic amines) is 1. The highest BCUT2D eigenvalue weighted by Gasteiger charge is 2.28. The van der Waals surface area contributed by atoms with E-state index < -0.39 is 0 Å². The van der Waals surface area contributed by atoms with E-state index >= 15 is 0 Å². The maximum Gasteiger partial charge on any atom is 0.226 e. The third-order valence-corrected chi connectivity index (χ3v) is 5.53. The van der Waals surface area contributed by atoms with E-state index in [2.05, 4.69) is 41.4 Å². The lowest BCUT2D eigenvalue weighted by molar-refractivity contribution is -0.137. The van der Waals surface area contributed by atoms with Gasteiger partial charge in [0.1, 0.15) is 0 Å². The van der Waals surface area contributed by atoms with Gasteiger partial charge in [0, 0.05) is 19.6 Å². The average molecular weight is 351 g/mol. The number of rotatable bonds is 4. The first-order chi connectivity index (χ1) is 11.2. The van der Waals surface area contributed by atoms with Crippen LogP contribution in [0.15, 0.2) is 24.3 Å². The smallest absolute Gasteiger partial charge is 0.226 e. The normalized spacial score (nSPS) is 22.0. The van der Waals surface area contributed by atoms with Crippen LogP contribution in [-0.4, -0.2) is 37.0 Å². The maximum absolute atomic E-state index is 12.6. The molecule has 2 aliphatic rings. The Morgan fingerprint density at radius 1 is 1.17 bits per heavy atom. The van der Waals surface area contributed by atoms with Gasteiger partial charge in [-0.2, -0.15) is 0 Å². The molecular weight excluding hydrogens is 320 g/mol. The van der Waals surface area contributed by atoms with Gasteiger partial charge in [-0.15, -0.1) is 12.4 Å². The van der Waals surface area contributed by atoms with Crippen LogP contribution in [0.25, 0.3) is 0 Å². The Balaban J connectivity index is 0.00000208. The average Bonchev–Trinajstić information content (AvgIpc) is 2.62. The summed E-state index contributed by atoms with van der Waals surface area (Å²) in [7, 11) is 0. The number of hydrogen-bond acceptors (Lipinski definition) is 2. The highest BCUT2D eigenvalue weighted by molar-refractivity contribution is 5.85. The first-order valence-electron chi connectivity index (χ1n) is 9.27. The van der Waals surface area contributed by atoms with Crippen molar-refractivity contribution in [2.24, 2.45) is 11.8 Å². The van der Waals surface area contributed by atoms with Gasteiger partial charge >= 0.3 is 0 Å². The Morgan fingerprint density at radius 3 is 2.50 bits per heavy atom.